The number of aromatic amines is 1. The maximum absolute atomic E-state index is 13.3. The summed E-state index contributed by atoms with van der Waals surface area (Å²) in [5.41, 5.74) is 2.21. The van der Waals surface area contributed by atoms with Gasteiger partial charge in [0.15, 0.2) is 0 Å². The molecule has 0 aliphatic rings. The van der Waals surface area contributed by atoms with Gasteiger partial charge in [0.05, 0.1) is 7.11 Å². The van der Waals surface area contributed by atoms with Crippen molar-refractivity contribution in [3.63, 3.8) is 0 Å². The average molecular weight is 351 g/mol. The van der Waals surface area contributed by atoms with Gasteiger partial charge >= 0.3 is 12.1 Å². The Hall–Kier alpha value is -1.54. The monoisotopic (exact) mass is 350 g/mol. The molecule has 1 atom stereocenters. The fraction of sp³-hybridized carbons (Fsp3) is 0.250. The van der Waals surface area contributed by atoms with Crippen LogP contribution in [-0.4, -0.2) is 24.2 Å². The molecular weight excluding hydrogens is 341 g/mol. The van der Waals surface area contributed by atoms with Crippen LogP contribution in [0, 0.1) is 0 Å². The Morgan fingerprint density at radius 1 is 1.40 bits per heavy atom. The second kappa shape index (κ2) is 4.78. The molecule has 2 aromatic rings. The number of H-pyrrole nitrogens is 1. The number of hydrogen-bond acceptors (Lipinski definition) is 3. The van der Waals surface area contributed by atoms with Crippen molar-refractivity contribution < 1.29 is 22.7 Å². The molecule has 8 heteroatoms. The van der Waals surface area contributed by atoms with Crippen LogP contribution in [0.2, 0.25) is 0 Å². The van der Waals surface area contributed by atoms with Gasteiger partial charge in [-0.3, -0.25) is 0 Å². The van der Waals surface area contributed by atoms with Gasteiger partial charge in [-0.15, -0.1) is 0 Å². The molecule has 3 N–H and O–H groups in total. The summed E-state index contributed by atoms with van der Waals surface area (Å²) in [4.78, 5) is 14.3. The van der Waals surface area contributed by atoms with Crippen molar-refractivity contribution in [3.8, 4) is 0 Å². The van der Waals surface area contributed by atoms with Crippen molar-refractivity contribution in [2.24, 2.45) is 5.73 Å². The topological polar surface area (TPSA) is 68.1 Å². The van der Waals surface area contributed by atoms with E-state index >= 15 is 0 Å². The van der Waals surface area contributed by atoms with Crippen molar-refractivity contribution in [1.82, 2.24) is 4.98 Å². The number of esters is 1. The third-order valence-electron chi connectivity index (χ3n) is 3.02. The Balaban J connectivity index is 2.76. The summed E-state index contributed by atoms with van der Waals surface area (Å²) in [7, 11) is 0.862. The second-order valence-corrected chi connectivity index (χ2v) is 5.11. The maximum atomic E-state index is 13.3. The number of carbonyl (C=O) groups is 1. The summed E-state index contributed by atoms with van der Waals surface area (Å²) in [6, 6.07) is 4.70. The van der Waals surface area contributed by atoms with E-state index in [1.807, 2.05) is 0 Å². The van der Waals surface area contributed by atoms with Gasteiger partial charge in [-0.05, 0) is 18.2 Å². The molecule has 0 saturated heterocycles. The fourth-order valence-corrected chi connectivity index (χ4v) is 2.32. The molecule has 4 nitrogen and oxygen atoms in total. The van der Waals surface area contributed by atoms with Crippen LogP contribution in [0.4, 0.5) is 13.2 Å². The number of ether oxygens (including phenoxy) is 1. The molecule has 0 amide bonds. The highest BCUT2D eigenvalue weighted by molar-refractivity contribution is 9.10. The zero-order chi connectivity index (χ0) is 15.1. The van der Waals surface area contributed by atoms with Crippen LogP contribution in [0.3, 0.4) is 0 Å². The van der Waals surface area contributed by atoms with Gasteiger partial charge < -0.3 is 15.5 Å². The van der Waals surface area contributed by atoms with Crippen LogP contribution in [0.15, 0.2) is 28.9 Å². The molecule has 0 saturated carbocycles. The molecule has 0 aliphatic carbocycles. The van der Waals surface area contributed by atoms with E-state index in [-0.39, 0.29) is 10.9 Å². The summed E-state index contributed by atoms with van der Waals surface area (Å²) >= 11 is 3.17. The minimum Gasteiger partial charge on any atom is -0.467 e. The lowest BCUT2D eigenvalue weighted by Crippen LogP contribution is -2.57. The summed E-state index contributed by atoms with van der Waals surface area (Å²) < 4.78 is 44.7. The average Bonchev–Trinajstić information content (AvgIpc) is 2.78. The number of benzene rings is 1. The Bertz CT molecular complexity index is 668. The van der Waals surface area contributed by atoms with Crippen LogP contribution in [0.25, 0.3) is 10.9 Å². The molecule has 20 heavy (non-hydrogen) atoms. The number of fused-ring (bicyclic) bond motifs is 1. The summed E-state index contributed by atoms with van der Waals surface area (Å²) in [6.45, 7) is 0. The summed E-state index contributed by atoms with van der Waals surface area (Å²) in [6.07, 6.45) is -3.92. The lowest BCUT2D eigenvalue weighted by atomic mass is 9.90. The summed E-state index contributed by atoms with van der Waals surface area (Å²) in [5, 5.41) is 0.199. The van der Waals surface area contributed by atoms with Gasteiger partial charge in [-0.1, -0.05) is 15.9 Å². The fourth-order valence-electron chi connectivity index (χ4n) is 1.96. The van der Waals surface area contributed by atoms with E-state index < -0.39 is 17.7 Å². The number of alkyl halides is 3. The normalized spacial score (nSPS) is 15.1. The Labute approximate surface area is 120 Å². The number of methoxy groups -OCH3 is 1. The van der Waals surface area contributed by atoms with Crippen LogP contribution in [0.5, 0.6) is 0 Å². The Morgan fingerprint density at radius 2 is 2.05 bits per heavy atom. The minimum absolute atomic E-state index is 0.199. The molecular formula is C12H10BrF3N2O2. The quantitative estimate of drug-likeness (QED) is 0.818. The highest BCUT2D eigenvalue weighted by Gasteiger charge is 2.61. The smallest absolute Gasteiger partial charge is 0.421 e. The van der Waals surface area contributed by atoms with Gasteiger partial charge in [-0.2, -0.15) is 13.2 Å². The lowest BCUT2D eigenvalue weighted by Gasteiger charge is -2.28. The van der Waals surface area contributed by atoms with E-state index in [1.165, 1.54) is 6.07 Å². The van der Waals surface area contributed by atoms with Gasteiger partial charge in [0.1, 0.15) is 0 Å². The molecule has 1 heterocycles. The third-order valence-corrected chi connectivity index (χ3v) is 3.52. The predicted molar refractivity (Wildman–Crippen MR) is 69.9 cm³/mol. The molecule has 0 spiro atoms. The number of carbonyl (C=O) groups excluding carboxylic acids is 1. The highest BCUT2D eigenvalue weighted by atomic mass is 79.9. The van der Waals surface area contributed by atoms with E-state index in [4.69, 9.17) is 5.73 Å². The van der Waals surface area contributed by atoms with E-state index in [9.17, 15) is 18.0 Å². The predicted octanol–water partition coefficient (Wildman–Crippen LogP) is 2.82. The first kappa shape index (κ1) is 14.9. The second-order valence-electron chi connectivity index (χ2n) is 4.19. The van der Waals surface area contributed by atoms with Gasteiger partial charge in [0, 0.05) is 27.1 Å². The highest BCUT2D eigenvalue weighted by Crippen LogP contribution is 2.41. The van der Waals surface area contributed by atoms with Gasteiger partial charge in [0.25, 0.3) is 0 Å². The zero-order valence-electron chi connectivity index (χ0n) is 10.2. The van der Waals surface area contributed by atoms with E-state index in [2.05, 4.69) is 25.7 Å². The molecule has 1 unspecified atom stereocenters. The number of nitrogens with two attached hydrogens (primary N) is 1. The molecule has 0 aliphatic heterocycles. The standard InChI is InChI=1S/C12H10BrF3N2O2/c1-20-10(19)11(17,12(14,15)16)8-5-18-9-3-2-6(13)4-7(8)9/h2-5,18H,17H2,1H3. The molecule has 1 aromatic carbocycles. The van der Waals surface area contributed by atoms with Crippen LogP contribution < -0.4 is 5.73 Å². The zero-order valence-corrected chi connectivity index (χ0v) is 11.8. The minimum atomic E-state index is -4.99. The largest absolute Gasteiger partial charge is 0.467 e. The van der Waals surface area contributed by atoms with E-state index in [0.717, 1.165) is 13.3 Å². The maximum Gasteiger partial charge on any atom is 0.421 e. The van der Waals surface area contributed by atoms with Crippen molar-refractivity contribution in [2.45, 2.75) is 11.7 Å². The van der Waals surface area contributed by atoms with Crippen LogP contribution in [-0.2, 0) is 15.1 Å². The molecule has 0 radical (unpaired) electrons. The number of hydrogen-bond donors (Lipinski definition) is 2. The molecule has 108 valence electrons. The van der Waals surface area contributed by atoms with Gasteiger partial charge in [-0.25, -0.2) is 4.79 Å². The third kappa shape index (κ3) is 2.08. The lowest BCUT2D eigenvalue weighted by molar-refractivity contribution is -0.206. The van der Waals surface area contributed by atoms with Crippen LogP contribution >= 0.6 is 15.9 Å². The Morgan fingerprint density at radius 3 is 2.60 bits per heavy atom. The van der Waals surface area contributed by atoms with Crippen LogP contribution in [0.1, 0.15) is 5.56 Å². The number of rotatable bonds is 2. The van der Waals surface area contributed by atoms with Crippen molar-refractivity contribution in [3.05, 3.63) is 34.4 Å². The molecule has 0 fully saturated rings. The van der Waals surface area contributed by atoms with Crippen molar-refractivity contribution >= 4 is 32.8 Å². The Kier molecular flexibility index (Phi) is 3.55. The number of halogens is 4. The first-order chi connectivity index (χ1) is 9.21. The number of nitrogens with one attached hydrogen (secondary N) is 1. The first-order valence-electron chi connectivity index (χ1n) is 5.43. The molecule has 1 aromatic heterocycles. The summed E-state index contributed by atoms with van der Waals surface area (Å²) in [5.74, 6) is -1.56. The van der Waals surface area contributed by atoms with E-state index in [1.54, 1.807) is 12.1 Å². The SMILES string of the molecule is COC(=O)C(N)(c1c[nH]c2ccc(Br)cc12)C(F)(F)F. The van der Waals surface area contributed by atoms with Crippen molar-refractivity contribution in [2.75, 3.05) is 7.11 Å². The number of aromatic nitrogens is 1. The van der Waals surface area contributed by atoms with Gasteiger partial charge in [0.2, 0.25) is 5.54 Å². The first-order valence-corrected chi connectivity index (χ1v) is 6.22. The van der Waals surface area contributed by atoms with E-state index in [0.29, 0.717) is 9.99 Å². The molecule has 0 bridgehead atoms. The van der Waals surface area contributed by atoms with Crippen molar-refractivity contribution in [1.29, 1.82) is 0 Å². The molecule has 2 rings (SSSR count).